The number of thiazole rings is 1. The maximum Gasteiger partial charge on any atom is 0.217 e. The highest BCUT2D eigenvalue weighted by molar-refractivity contribution is 7.23. The Bertz CT molecular complexity index is 1650. The molecule has 3 aromatic carbocycles. The fraction of sp³-hybridized carbons (Fsp3) is 0.154. The number of fused-ring (bicyclic) bond motifs is 3. The van der Waals surface area contributed by atoms with Crippen LogP contribution in [0.3, 0.4) is 0 Å². The van der Waals surface area contributed by atoms with Crippen LogP contribution in [-0.4, -0.2) is 29.4 Å². The van der Waals surface area contributed by atoms with Gasteiger partial charge < -0.3 is 4.74 Å². The molecule has 180 valence electrons. The van der Waals surface area contributed by atoms with Crippen molar-refractivity contribution >= 4 is 38.1 Å². The lowest BCUT2D eigenvalue weighted by Gasteiger charge is -2.14. The number of hydrogen-bond acceptors (Lipinski definition) is 6. The van der Waals surface area contributed by atoms with Gasteiger partial charge in [0, 0.05) is 10.6 Å². The molecule has 1 aliphatic heterocycles. The number of epoxide rings is 1. The smallest absolute Gasteiger partial charge is 0.217 e. The number of aromatic nitrogens is 6. The molecular formula is C26H20ClFN6OS. The van der Waals surface area contributed by atoms with Crippen molar-refractivity contribution in [1.82, 2.24) is 29.4 Å². The SMILES string of the molecule is Cc1cccc2sc3nncn3c12.Fc1ccc(C2(Cn3cncn3)OC2c2ccccc2Cl)cc1. The van der Waals surface area contributed by atoms with E-state index >= 15 is 0 Å². The van der Waals surface area contributed by atoms with E-state index in [4.69, 9.17) is 16.3 Å². The first-order valence-electron chi connectivity index (χ1n) is 11.2. The summed E-state index contributed by atoms with van der Waals surface area (Å²) in [6.45, 7) is 2.59. The highest BCUT2D eigenvalue weighted by Crippen LogP contribution is 2.59. The van der Waals surface area contributed by atoms with E-state index in [1.165, 1.54) is 34.2 Å². The first-order chi connectivity index (χ1) is 17.5. The Morgan fingerprint density at radius 3 is 2.67 bits per heavy atom. The van der Waals surface area contributed by atoms with Crippen molar-refractivity contribution in [3.63, 3.8) is 0 Å². The predicted octanol–water partition coefficient (Wildman–Crippen LogP) is 5.99. The van der Waals surface area contributed by atoms with Crippen LogP contribution in [0.15, 0.2) is 85.7 Å². The lowest BCUT2D eigenvalue weighted by Crippen LogP contribution is -2.19. The van der Waals surface area contributed by atoms with Crippen molar-refractivity contribution in [2.75, 3.05) is 0 Å². The summed E-state index contributed by atoms with van der Waals surface area (Å²) < 4.78 is 24.4. The average Bonchev–Trinajstić information content (AvgIpc) is 3.25. The molecule has 0 N–H and O–H groups in total. The Morgan fingerprint density at radius 1 is 1.06 bits per heavy atom. The van der Waals surface area contributed by atoms with E-state index in [9.17, 15) is 4.39 Å². The van der Waals surface area contributed by atoms with Crippen LogP contribution in [0.2, 0.25) is 5.02 Å². The molecule has 4 heterocycles. The molecule has 6 aromatic rings. The molecule has 7 rings (SSSR count). The predicted molar refractivity (Wildman–Crippen MR) is 136 cm³/mol. The third-order valence-corrected chi connectivity index (χ3v) is 7.59. The molecule has 3 aromatic heterocycles. The van der Waals surface area contributed by atoms with Gasteiger partial charge in [-0.05, 0) is 42.3 Å². The van der Waals surface area contributed by atoms with E-state index in [0.29, 0.717) is 11.6 Å². The highest BCUT2D eigenvalue weighted by atomic mass is 35.5. The van der Waals surface area contributed by atoms with Gasteiger partial charge in [0.25, 0.3) is 0 Å². The number of rotatable bonds is 4. The van der Waals surface area contributed by atoms with E-state index in [-0.39, 0.29) is 11.9 Å². The number of benzene rings is 3. The van der Waals surface area contributed by atoms with E-state index in [0.717, 1.165) is 16.1 Å². The van der Waals surface area contributed by atoms with Gasteiger partial charge in [0.15, 0.2) is 0 Å². The summed E-state index contributed by atoms with van der Waals surface area (Å²) in [5, 5.41) is 12.7. The van der Waals surface area contributed by atoms with Crippen molar-refractivity contribution in [3.8, 4) is 0 Å². The summed E-state index contributed by atoms with van der Waals surface area (Å²) >= 11 is 7.98. The summed E-state index contributed by atoms with van der Waals surface area (Å²) in [5.41, 5.74) is 3.68. The number of ether oxygens (including phenoxy) is 1. The van der Waals surface area contributed by atoms with Crippen molar-refractivity contribution in [2.45, 2.75) is 25.2 Å². The molecule has 0 spiro atoms. The Balaban J connectivity index is 0.000000155. The minimum absolute atomic E-state index is 0.203. The zero-order valence-corrected chi connectivity index (χ0v) is 20.7. The van der Waals surface area contributed by atoms with Crippen molar-refractivity contribution in [1.29, 1.82) is 0 Å². The number of hydrogen-bond donors (Lipinski definition) is 0. The molecule has 2 atom stereocenters. The normalized spacial score (nSPS) is 18.8. The monoisotopic (exact) mass is 518 g/mol. The van der Waals surface area contributed by atoms with Gasteiger partial charge in [-0.15, -0.1) is 10.2 Å². The zero-order chi connectivity index (χ0) is 24.7. The van der Waals surface area contributed by atoms with Gasteiger partial charge >= 0.3 is 0 Å². The van der Waals surface area contributed by atoms with Crippen molar-refractivity contribution in [2.24, 2.45) is 0 Å². The molecule has 10 heteroatoms. The molecule has 0 amide bonds. The van der Waals surface area contributed by atoms with Gasteiger partial charge in [0.1, 0.15) is 36.5 Å². The molecule has 0 saturated carbocycles. The van der Waals surface area contributed by atoms with E-state index in [1.807, 2.05) is 28.7 Å². The molecule has 7 nitrogen and oxygen atoms in total. The second kappa shape index (κ2) is 9.09. The highest BCUT2D eigenvalue weighted by Gasteiger charge is 2.59. The first-order valence-corrected chi connectivity index (χ1v) is 12.4. The topological polar surface area (TPSA) is 73.4 Å². The second-order valence-electron chi connectivity index (χ2n) is 8.52. The molecule has 0 radical (unpaired) electrons. The van der Waals surface area contributed by atoms with Crippen LogP contribution >= 0.6 is 22.9 Å². The molecule has 0 aliphatic carbocycles. The van der Waals surface area contributed by atoms with Gasteiger partial charge in [0.05, 0.1) is 16.8 Å². The van der Waals surface area contributed by atoms with Crippen molar-refractivity contribution < 1.29 is 9.13 Å². The van der Waals surface area contributed by atoms with Crippen LogP contribution in [0.5, 0.6) is 0 Å². The molecule has 2 unspecified atom stereocenters. The summed E-state index contributed by atoms with van der Waals surface area (Å²) in [4.78, 5) is 4.93. The Hall–Kier alpha value is -3.66. The third-order valence-electron chi connectivity index (χ3n) is 6.24. The standard InChI is InChI=1S/C17H13ClFN3O.C9H7N3S/c18-15-4-2-1-3-14(15)16-17(23-16,9-22-11-20-10-21-22)12-5-7-13(19)8-6-12;1-6-3-2-4-7-8(6)12-5-10-11-9(12)13-7/h1-8,10-11,16H,9H2;2-5H,1H3. The number of aryl methyl sites for hydroxylation is 1. The molecular weight excluding hydrogens is 499 g/mol. The van der Waals surface area contributed by atoms with E-state index in [1.54, 1.807) is 40.8 Å². The second-order valence-corrected chi connectivity index (χ2v) is 9.93. The minimum atomic E-state index is -0.619. The van der Waals surface area contributed by atoms with Crippen LogP contribution in [-0.2, 0) is 16.9 Å². The van der Waals surface area contributed by atoms with Gasteiger partial charge in [-0.2, -0.15) is 5.10 Å². The molecule has 1 aliphatic rings. The van der Waals surface area contributed by atoms with Crippen LogP contribution in [0.1, 0.15) is 22.8 Å². The van der Waals surface area contributed by atoms with Gasteiger partial charge in [-0.3, -0.25) is 4.40 Å². The Kier molecular flexibility index (Phi) is 5.75. The molecule has 0 bridgehead atoms. The largest absolute Gasteiger partial charge is 0.354 e. The van der Waals surface area contributed by atoms with Gasteiger partial charge in [-0.25, -0.2) is 14.1 Å². The maximum absolute atomic E-state index is 13.3. The van der Waals surface area contributed by atoms with Crippen LogP contribution in [0.4, 0.5) is 4.39 Å². The average molecular weight is 519 g/mol. The third kappa shape index (κ3) is 4.05. The van der Waals surface area contributed by atoms with Crippen LogP contribution < -0.4 is 0 Å². The first kappa shape index (κ1) is 22.8. The number of halogens is 2. The van der Waals surface area contributed by atoms with Crippen LogP contribution in [0.25, 0.3) is 15.2 Å². The van der Waals surface area contributed by atoms with Crippen molar-refractivity contribution in [3.05, 3.63) is 113 Å². The molecule has 36 heavy (non-hydrogen) atoms. The van der Waals surface area contributed by atoms with Gasteiger partial charge in [0.2, 0.25) is 4.96 Å². The molecule has 1 saturated heterocycles. The van der Waals surface area contributed by atoms with E-state index < -0.39 is 5.60 Å². The quantitative estimate of drug-likeness (QED) is 0.268. The summed E-state index contributed by atoms with van der Waals surface area (Å²) in [7, 11) is 0. The summed E-state index contributed by atoms with van der Waals surface area (Å²) in [6, 6.07) is 20.2. The molecule has 1 fully saturated rings. The fourth-order valence-electron chi connectivity index (χ4n) is 4.47. The zero-order valence-electron chi connectivity index (χ0n) is 19.1. The maximum atomic E-state index is 13.3. The summed E-state index contributed by atoms with van der Waals surface area (Å²) in [5.74, 6) is -0.278. The Labute approximate surface area is 214 Å². The number of para-hydroxylation sites is 1. The lowest BCUT2D eigenvalue weighted by atomic mass is 9.91. The fourth-order valence-corrected chi connectivity index (χ4v) is 5.72. The number of nitrogens with zero attached hydrogens (tertiary/aromatic N) is 6. The minimum Gasteiger partial charge on any atom is -0.354 e. The summed E-state index contributed by atoms with van der Waals surface area (Å²) in [6.07, 6.45) is 4.68. The van der Waals surface area contributed by atoms with E-state index in [2.05, 4.69) is 45.4 Å². The van der Waals surface area contributed by atoms with Gasteiger partial charge in [-0.1, -0.05) is 65.4 Å². The Morgan fingerprint density at radius 2 is 1.89 bits per heavy atom. The van der Waals surface area contributed by atoms with Crippen LogP contribution in [0, 0.1) is 12.7 Å². The lowest BCUT2D eigenvalue weighted by molar-refractivity contribution is 0.262.